The van der Waals surface area contributed by atoms with Gasteiger partial charge in [-0.3, -0.25) is 4.79 Å². The predicted octanol–water partition coefficient (Wildman–Crippen LogP) is 3.57. The highest BCUT2D eigenvalue weighted by atomic mass is 19.1. The average Bonchev–Trinajstić information content (AvgIpc) is 2.49. The first-order valence-corrected chi connectivity index (χ1v) is 9.36. The van der Waals surface area contributed by atoms with Gasteiger partial charge in [0.25, 0.3) is 0 Å². The van der Waals surface area contributed by atoms with E-state index in [2.05, 4.69) is 5.32 Å². The number of nitrogens with one attached hydrogen (secondary N) is 1. The molecule has 0 radical (unpaired) electrons. The van der Waals surface area contributed by atoms with Crippen molar-refractivity contribution < 1.29 is 23.4 Å². The molecule has 3 rings (SSSR count). The minimum absolute atomic E-state index is 0.0296. The zero-order chi connectivity index (χ0) is 18.9. The molecule has 2 saturated carbocycles. The quantitative estimate of drug-likeness (QED) is 0.836. The lowest BCUT2D eigenvalue weighted by Gasteiger charge is -2.38. The predicted molar refractivity (Wildman–Crippen MR) is 93.7 cm³/mol. The van der Waals surface area contributed by atoms with Gasteiger partial charge in [0.05, 0.1) is 5.60 Å². The Kier molecular flexibility index (Phi) is 5.51. The van der Waals surface area contributed by atoms with Crippen LogP contribution in [0.5, 0.6) is 5.75 Å². The number of hydrogen-bond donors (Lipinski definition) is 2. The van der Waals surface area contributed by atoms with Crippen LogP contribution in [0, 0.1) is 23.5 Å². The number of rotatable bonds is 5. The molecule has 0 aliphatic heterocycles. The Morgan fingerprint density at radius 1 is 1.12 bits per heavy atom. The second kappa shape index (κ2) is 7.51. The smallest absolute Gasteiger partial charge is 0.223 e. The standard InChI is InChI=1S/C20H27F2NO3/c1-20(2,25)13-3-5-16(6-4-13)23-19(24)12-7-17(8-12)26-18-10-14(21)9-15(22)11-18/h9-13,16-17,25H,3-8H2,1-2H3,(H,23,24). The number of hydrogen-bond acceptors (Lipinski definition) is 3. The van der Waals surface area contributed by atoms with Crippen molar-refractivity contribution in [2.45, 2.75) is 70.1 Å². The van der Waals surface area contributed by atoms with Gasteiger partial charge in [-0.1, -0.05) is 0 Å². The minimum Gasteiger partial charge on any atom is -0.490 e. The molecule has 2 aliphatic carbocycles. The summed E-state index contributed by atoms with van der Waals surface area (Å²) in [4.78, 5) is 12.3. The lowest BCUT2D eigenvalue weighted by Crippen LogP contribution is -2.48. The van der Waals surface area contributed by atoms with E-state index in [4.69, 9.17) is 4.74 Å². The van der Waals surface area contributed by atoms with E-state index < -0.39 is 17.2 Å². The maximum atomic E-state index is 13.2. The second-order valence-corrected chi connectivity index (χ2v) is 8.22. The van der Waals surface area contributed by atoms with E-state index in [0.29, 0.717) is 12.8 Å². The monoisotopic (exact) mass is 367 g/mol. The van der Waals surface area contributed by atoms with Crippen molar-refractivity contribution in [3.8, 4) is 5.75 Å². The SMILES string of the molecule is CC(C)(O)C1CCC(NC(=O)C2CC(Oc3cc(F)cc(F)c3)C2)CC1. The van der Waals surface area contributed by atoms with Crippen molar-refractivity contribution >= 4 is 5.91 Å². The summed E-state index contributed by atoms with van der Waals surface area (Å²) in [5, 5.41) is 13.2. The first kappa shape index (κ1) is 19.1. The molecule has 2 fully saturated rings. The summed E-state index contributed by atoms with van der Waals surface area (Å²) in [6, 6.07) is 3.27. The van der Waals surface area contributed by atoms with Gasteiger partial charge < -0.3 is 15.2 Å². The highest BCUT2D eigenvalue weighted by Gasteiger charge is 2.38. The van der Waals surface area contributed by atoms with Gasteiger partial charge in [0.1, 0.15) is 23.5 Å². The van der Waals surface area contributed by atoms with Crippen LogP contribution in [0.1, 0.15) is 52.4 Å². The van der Waals surface area contributed by atoms with Crippen molar-refractivity contribution in [3.63, 3.8) is 0 Å². The minimum atomic E-state index is -0.671. The van der Waals surface area contributed by atoms with Gasteiger partial charge in [0.2, 0.25) is 5.91 Å². The lowest BCUT2D eigenvalue weighted by molar-refractivity contribution is -0.131. The van der Waals surface area contributed by atoms with Crippen LogP contribution in [0.25, 0.3) is 0 Å². The van der Waals surface area contributed by atoms with Crippen molar-refractivity contribution in [1.29, 1.82) is 0 Å². The third-order valence-electron chi connectivity index (χ3n) is 5.68. The molecule has 0 spiro atoms. The van der Waals surface area contributed by atoms with Gasteiger partial charge in [-0.25, -0.2) is 8.78 Å². The fraction of sp³-hybridized carbons (Fsp3) is 0.650. The van der Waals surface area contributed by atoms with E-state index in [0.717, 1.165) is 43.9 Å². The van der Waals surface area contributed by atoms with Crippen LogP contribution >= 0.6 is 0 Å². The van der Waals surface area contributed by atoms with Gasteiger partial charge in [-0.2, -0.15) is 0 Å². The van der Waals surface area contributed by atoms with Crippen LogP contribution in [-0.2, 0) is 4.79 Å². The molecule has 1 amide bonds. The third kappa shape index (κ3) is 4.72. The highest BCUT2D eigenvalue weighted by Crippen LogP contribution is 2.35. The van der Waals surface area contributed by atoms with E-state index in [9.17, 15) is 18.7 Å². The van der Waals surface area contributed by atoms with Gasteiger partial charge >= 0.3 is 0 Å². The molecule has 2 N–H and O–H groups in total. The Balaban J connectivity index is 1.40. The van der Waals surface area contributed by atoms with Crippen molar-refractivity contribution in [2.24, 2.45) is 11.8 Å². The van der Waals surface area contributed by atoms with Crippen molar-refractivity contribution in [3.05, 3.63) is 29.8 Å². The van der Waals surface area contributed by atoms with Crippen molar-refractivity contribution in [2.75, 3.05) is 0 Å². The van der Waals surface area contributed by atoms with Gasteiger partial charge in [0.15, 0.2) is 0 Å². The molecule has 144 valence electrons. The number of amides is 1. The summed E-state index contributed by atoms with van der Waals surface area (Å²) in [6.45, 7) is 3.69. The van der Waals surface area contributed by atoms with Crippen LogP contribution < -0.4 is 10.1 Å². The van der Waals surface area contributed by atoms with Crippen LogP contribution in [-0.4, -0.2) is 28.8 Å². The van der Waals surface area contributed by atoms with E-state index in [-0.39, 0.29) is 35.6 Å². The molecule has 26 heavy (non-hydrogen) atoms. The summed E-state index contributed by atoms with van der Waals surface area (Å²) in [5.41, 5.74) is -0.663. The summed E-state index contributed by atoms with van der Waals surface area (Å²) >= 11 is 0. The molecule has 1 aromatic rings. The molecule has 0 unspecified atom stereocenters. The zero-order valence-electron chi connectivity index (χ0n) is 15.3. The van der Waals surface area contributed by atoms with Crippen LogP contribution in [0.2, 0.25) is 0 Å². The van der Waals surface area contributed by atoms with Crippen LogP contribution in [0.15, 0.2) is 18.2 Å². The second-order valence-electron chi connectivity index (χ2n) is 8.22. The molecule has 0 atom stereocenters. The maximum absolute atomic E-state index is 13.2. The number of aliphatic hydroxyl groups is 1. The Morgan fingerprint density at radius 2 is 1.69 bits per heavy atom. The molecule has 2 aliphatic rings. The summed E-state index contributed by atoms with van der Waals surface area (Å²) in [5.74, 6) is -0.974. The molecule has 4 nitrogen and oxygen atoms in total. The fourth-order valence-corrected chi connectivity index (χ4v) is 3.93. The Labute approximate surface area is 152 Å². The first-order valence-electron chi connectivity index (χ1n) is 9.36. The van der Waals surface area contributed by atoms with E-state index >= 15 is 0 Å². The molecule has 0 saturated heterocycles. The summed E-state index contributed by atoms with van der Waals surface area (Å²) in [6.07, 6.45) is 4.53. The zero-order valence-corrected chi connectivity index (χ0v) is 15.3. The van der Waals surface area contributed by atoms with Gasteiger partial charge in [-0.15, -0.1) is 0 Å². The molecular formula is C20H27F2NO3. The van der Waals surface area contributed by atoms with Gasteiger partial charge in [0, 0.05) is 30.2 Å². The van der Waals surface area contributed by atoms with E-state index in [1.807, 2.05) is 13.8 Å². The molecular weight excluding hydrogens is 340 g/mol. The molecule has 0 heterocycles. The summed E-state index contributed by atoms with van der Waals surface area (Å²) < 4.78 is 31.9. The van der Waals surface area contributed by atoms with E-state index in [1.165, 1.54) is 0 Å². The maximum Gasteiger partial charge on any atom is 0.223 e. The highest BCUT2D eigenvalue weighted by molar-refractivity contribution is 5.80. The Morgan fingerprint density at radius 3 is 2.23 bits per heavy atom. The van der Waals surface area contributed by atoms with Crippen LogP contribution in [0.4, 0.5) is 8.78 Å². The Hall–Kier alpha value is -1.69. The number of ether oxygens (including phenoxy) is 1. The molecule has 1 aromatic carbocycles. The molecule has 0 bridgehead atoms. The largest absolute Gasteiger partial charge is 0.490 e. The lowest BCUT2D eigenvalue weighted by atomic mass is 9.76. The molecule has 6 heteroatoms. The normalized spacial score (nSPS) is 29.0. The summed E-state index contributed by atoms with van der Waals surface area (Å²) in [7, 11) is 0. The Bertz CT molecular complexity index is 625. The third-order valence-corrected chi connectivity index (χ3v) is 5.68. The number of carbonyl (C=O) groups is 1. The molecule has 0 aromatic heterocycles. The number of carbonyl (C=O) groups excluding carboxylic acids is 1. The van der Waals surface area contributed by atoms with E-state index in [1.54, 1.807) is 0 Å². The number of halogens is 2. The average molecular weight is 367 g/mol. The van der Waals surface area contributed by atoms with Crippen molar-refractivity contribution in [1.82, 2.24) is 5.32 Å². The fourth-order valence-electron chi connectivity index (χ4n) is 3.93. The van der Waals surface area contributed by atoms with Gasteiger partial charge in [-0.05, 0) is 58.3 Å². The topological polar surface area (TPSA) is 58.6 Å². The number of benzene rings is 1. The van der Waals surface area contributed by atoms with Crippen LogP contribution in [0.3, 0.4) is 0 Å². The first-order chi connectivity index (χ1) is 12.2.